The van der Waals surface area contributed by atoms with E-state index in [-0.39, 0.29) is 5.92 Å². The van der Waals surface area contributed by atoms with Gasteiger partial charge in [-0.25, -0.2) is 4.98 Å². The Morgan fingerprint density at radius 1 is 0.562 bits per heavy atom. The Kier molecular flexibility index (Phi) is 5.97. The van der Waals surface area contributed by atoms with Gasteiger partial charge in [0.2, 0.25) is 0 Å². The maximum atomic E-state index is 6.49. The number of hydrogen-bond acceptors (Lipinski definition) is 4. The zero-order valence-corrected chi connectivity index (χ0v) is 25.8. The van der Waals surface area contributed by atoms with Gasteiger partial charge in [-0.15, -0.1) is 0 Å². The van der Waals surface area contributed by atoms with Gasteiger partial charge in [0.25, 0.3) is 0 Å². The molecule has 6 heteroatoms. The first-order valence-corrected chi connectivity index (χ1v) is 16.2. The molecular formula is C42H27BN2O3. The second-order valence-electron chi connectivity index (χ2n) is 12.3. The van der Waals surface area contributed by atoms with Gasteiger partial charge in [-0.1, -0.05) is 91.0 Å². The van der Waals surface area contributed by atoms with Crippen LogP contribution in [-0.2, 0) is 0 Å². The summed E-state index contributed by atoms with van der Waals surface area (Å²) in [5.74, 6) is 3.93. The van der Waals surface area contributed by atoms with Crippen LogP contribution in [0.1, 0.15) is 22.6 Å². The first-order chi connectivity index (χ1) is 23.8. The molecule has 0 N–H and O–H groups in total. The van der Waals surface area contributed by atoms with Crippen LogP contribution in [0.3, 0.4) is 0 Å². The lowest BCUT2D eigenvalue weighted by molar-refractivity contribution is 0.482. The molecule has 0 unspecified atom stereocenters. The molecule has 48 heavy (non-hydrogen) atoms. The van der Waals surface area contributed by atoms with Crippen molar-refractivity contribution in [1.82, 2.24) is 9.55 Å². The van der Waals surface area contributed by atoms with Crippen molar-refractivity contribution in [3.8, 4) is 39.9 Å². The Morgan fingerprint density at radius 3 is 2.02 bits per heavy atom. The van der Waals surface area contributed by atoms with Crippen molar-refractivity contribution in [2.24, 2.45) is 0 Å². The summed E-state index contributed by atoms with van der Waals surface area (Å²) in [5.41, 5.74) is 9.48. The third-order valence-electron chi connectivity index (χ3n) is 9.49. The van der Waals surface area contributed by atoms with Crippen molar-refractivity contribution in [3.63, 3.8) is 0 Å². The molecule has 0 fully saturated rings. The number of benzene rings is 6. The van der Waals surface area contributed by atoms with Crippen LogP contribution in [0.4, 0.5) is 0 Å². The lowest BCUT2D eigenvalue weighted by Crippen LogP contribution is -2.38. The number of ether oxygens (including phenoxy) is 1. The van der Waals surface area contributed by atoms with E-state index in [0.717, 1.165) is 44.9 Å². The van der Waals surface area contributed by atoms with Gasteiger partial charge in [0.05, 0.1) is 11.0 Å². The molecule has 1 aliphatic carbocycles. The van der Waals surface area contributed by atoms with Gasteiger partial charge in [0, 0.05) is 34.4 Å². The van der Waals surface area contributed by atoms with E-state index >= 15 is 0 Å². The van der Waals surface area contributed by atoms with E-state index in [1.165, 1.54) is 33.2 Å². The van der Waals surface area contributed by atoms with E-state index in [9.17, 15) is 0 Å². The summed E-state index contributed by atoms with van der Waals surface area (Å²) in [6.45, 7) is 0. The van der Waals surface area contributed by atoms with Crippen LogP contribution < -0.4 is 19.5 Å². The van der Waals surface area contributed by atoms with Crippen molar-refractivity contribution < 1.29 is 14.0 Å². The first-order valence-electron chi connectivity index (χ1n) is 16.2. The molecule has 5 nitrogen and oxygen atoms in total. The maximum absolute atomic E-state index is 6.49. The number of nitrogens with zero attached hydrogens (tertiary/aromatic N) is 2. The number of rotatable bonds is 5. The maximum Gasteiger partial charge on any atom is 0.632 e. The van der Waals surface area contributed by atoms with Crippen LogP contribution in [0.15, 0.2) is 158 Å². The topological polar surface area (TPSA) is 45.5 Å². The summed E-state index contributed by atoms with van der Waals surface area (Å²) in [6.07, 6.45) is 1.94. The SMILES string of the molecule is c1cc(Oc2ccc3c4ccccc4n(-c4cc(C5c6ccccc6-c6ccccc65)ccn4)c3c2)cc(B2Oc3ccccc3O2)c1. The number of pyridine rings is 1. The van der Waals surface area contributed by atoms with Crippen LogP contribution in [0.2, 0.25) is 0 Å². The minimum Gasteiger partial charge on any atom is -0.519 e. The largest absolute Gasteiger partial charge is 0.632 e. The van der Waals surface area contributed by atoms with Crippen molar-refractivity contribution in [1.29, 1.82) is 0 Å². The third-order valence-corrected chi connectivity index (χ3v) is 9.49. The lowest BCUT2D eigenvalue weighted by atomic mass is 9.79. The molecule has 0 saturated carbocycles. The monoisotopic (exact) mass is 618 g/mol. The molecule has 226 valence electrons. The number of aromatic nitrogens is 2. The van der Waals surface area contributed by atoms with Gasteiger partial charge < -0.3 is 14.0 Å². The summed E-state index contributed by atoms with van der Waals surface area (Å²) in [6, 6.07) is 52.2. The number of fused-ring (bicyclic) bond motifs is 7. The molecule has 0 amide bonds. The normalized spacial score (nSPS) is 13.2. The van der Waals surface area contributed by atoms with E-state index in [1.807, 2.05) is 60.8 Å². The fourth-order valence-corrected chi connectivity index (χ4v) is 7.41. The summed E-state index contributed by atoms with van der Waals surface area (Å²) in [4.78, 5) is 4.95. The van der Waals surface area contributed by atoms with Crippen LogP contribution in [0, 0.1) is 0 Å². The van der Waals surface area contributed by atoms with Crippen molar-refractivity contribution in [2.75, 3.05) is 0 Å². The fraction of sp³-hybridized carbons (Fsp3) is 0.0238. The standard InChI is InChI=1S/C42H27BN2O3/c1-3-15-35-31(12-1)32-13-2-4-16-36(32)42(35)27-22-23-44-41(24-27)45-37-17-6-5-14-33(37)34-21-20-30(26-38(34)45)46-29-11-9-10-28(25-29)43-47-39-18-7-8-19-40(39)48-43/h1-26,42H. The highest BCUT2D eigenvalue weighted by atomic mass is 16.6. The van der Waals surface area contributed by atoms with Gasteiger partial charge in [-0.05, 0) is 82.4 Å². The van der Waals surface area contributed by atoms with Crippen molar-refractivity contribution in [3.05, 3.63) is 175 Å². The molecule has 0 radical (unpaired) electrons. The van der Waals surface area contributed by atoms with Gasteiger partial charge >= 0.3 is 7.12 Å². The highest BCUT2D eigenvalue weighted by Gasteiger charge is 2.34. The van der Waals surface area contributed by atoms with E-state index < -0.39 is 7.12 Å². The minimum absolute atomic E-state index is 0.138. The molecule has 2 aliphatic rings. The van der Waals surface area contributed by atoms with Crippen LogP contribution in [-0.4, -0.2) is 16.7 Å². The highest BCUT2D eigenvalue weighted by molar-refractivity contribution is 6.63. The molecule has 6 aromatic carbocycles. The molecule has 8 aromatic rings. The molecule has 0 bridgehead atoms. The summed E-state index contributed by atoms with van der Waals surface area (Å²) in [5, 5.41) is 2.31. The Labute approximate surface area is 277 Å². The number of para-hydroxylation sites is 3. The average molecular weight is 619 g/mol. The number of hydrogen-bond donors (Lipinski definition) is 0. The van der Waals surface area contributed by atoms with Crippen LogP contribution in [0.25, 0.3) is 38.8 Å². The van der Waals surface area contributed by atoms with Crippen LogP contribution >= 0.6 is 0 Å². The van der Waals surface area contributed by atoms with Gasteiger partial charge in [0.1, 0.15) is 28.8 Å². The highest BCUT2D eigenvalue weighted by Crippen LogP contribution is 2.48. The Bertz CT molecular complexity index is 2470. The van der Waals surface area contributed by atoms with Gasteiger partial charge in [-0.3, -0.25) is 4.57 Å². The van der Waals surface area contributed by atoms with E-state index in [0.29, 0.717) is 5.75 Å². The van der Waals surface area contributed by atoms with Crippen molar-refractivity contribution >= 4 is 34.4 Å². The first kappa shape index (κ1) is 26.9. The summed E-state index contributed by atoms with van der Waals surface area (Å²) in [7, 11) is -0.520. The molecule has 0 atom stereocenters. The van der Waals surface area contributed by atoms with Crippen molar-refractivity contribution in [2.45, 2.75) is 5.92 Å². The van der Waals surface area contributed by atoms with Crippen LogP contribution in [0.5, 0.6) is 23.0 Å². The quantitative estimate of drug-likeness (QED) is 0.180. The van der Waals surface area contributed by atoms with Gasteiger partial charge in [-0.2, -0.15) is 0 Å². The third kappa shape index (κ3) is 4.23. The molecule has 0 saturated heterocycles. The Balaban J connectivity index is 1.05. The zero-order chi connectivity index (χ0) is 31.6. The summed E-state index contributed by atoms with van der Waals surface area (Å²) < 4.78 is 20.8. The Morgan fingerprint density at radius 2 is 1.23 bits per heavy atom. The second-order valence-corrected chi connectivity index (χ2v) is 12.3. The molecule has 2 aromatic heterocycles. The summed E-state index contributed by atoms with van der Waals surface area (Å²) >= 11 is 0. The Hall–Kier alpha value is -6.27. The molecule has 0 spiro atoms. The molecule has 3 heterocycles. The smallest absolute Gasteiger partial charge is 0.519 e. The predicted molar refractivity (Wildman–Crippen MR) is 191 cm³/mol. The molecular weight excluding hydrogens is 591 g/mol. The second kappa shape index (κ2) is 10.6. The predicted octanol–water partition coefficient (Wildman–Crippen LogP) is 9.30. The van der Waals surface area contributed by atoms with E-state index in [1.54, 1.807) is 0 Å². The minimum atomic E-state index is -0.520. The average Bonchev–Trinajstić information content (AvgIpc) is 3.82. The molecule has 1 aliphatic heterocycles. The zero-order valence-electron chi connectivity index (χ0n) is 25.8. The molecule has 10 rings (SSSR count). The van der Waals surface area contributed by atoms with E-state index in [2.05, 4.69) is 102 Å². The fourth-order valence-electron chi connectivity index (χ4n) is 7.41. The lowest BCUT2D eigenvalue weighted by Gasteiger charge is -2.16. The van der Waals surface area contributed by atoms with Gasteiger partial charge in [0.15, 0.2) is 0 Å². The van der Waals surface area contributed by atoms with E-state index in [4.69, 9.17) is 19.0 Å².